The smallest absolute Gasteiger partial charge is 0.308 e. The van der Waals surface area contributed by atoms with Crippen molar-refractivity contribution in [2.45, 2.75) is 64.3 Å². The lowest BCUT2D eigenvalue weighted by Crippen LogP contribution is -2.55. The average molecular weight is 258 g/mol. The Labute approximate surface area is 106 Å². The van der Waals surface area contributed by atoms with Gasteiger partial charge < -0.3 is 9.16 Å². The molecule has 0 aromatic carbocycles. The molecule has 0 heterocycles. The standard InChI is InChI=1S/C13H26O3Si/c1-12(2,3)17(6,7)16-13(4)8-10(9-13)11(14)15-5/h10H,8-9H2,1-7H3/t10-,13-. The van der Waals surface area contributed by atoms with Crippen molar-refractivity contribution < 1.29 is 14.0 Å². The molecule has 1 aliphatic rings. The molecule has 0 unspecified atom stereocenters. The maximum absolute atomic E-state index is 11.4. The Hall–Kier alpha value is -0.353. The predicted octanol–water partition coefficient (Wildman–Crippen LogP) is 3.35. The fourth-order valence-electron chi connectivity index (χ4n) is 2.17. The molecule has 0 radical (unpaired) electrons. The second-order valence-corrected chi connectivity index (χ2v) is 11.7. The summed E-state index contributed by atoms with van der Waals surface area (Å²) >= 11 is 0. The summed E-state index contributed by atoms with van der Waals surface area (Å²) in [4.78, 5) is 11.4. The van der Waals surface area contributed by atoms with Crippen LogP contribution in [0.1, 0.15) is 40.5 Å². The van der Waals surface area contributed by atoms with Gasteiger partial charge in [0.2, 0.25) is 0 Å². The molecular formula is C13H26O3Si. The van der Waals surface area contributed by atoms with Crippen LogP contribution in [0, 0.1) is 5.92 Å². The van der Waals surface area contributed by atoms with Gasteiger partial charge in [0.15, 0.2) is 8.32 Å². The summed E-state index contributed by atoms with van der Waals surface area (Å²) in [5, 5.41) is 0.215. The minimum Gasteiger partial charge on any atom is -0.469 e. The van der Waals surface area contributed by atoms with Crippen LogP contribution in [0.5, 0.6) is 0 Å². The first-order valence-corrected chi connectivity index (χ1v) is 9.20. The highest BCUT2D eigenvalue weighted by Crippen LogP contribution is 2.47. The minimum absolute atomic E-state index is 0.0368. The van der Waals surface area contributed by atoms with E-state index in [-0.39, 0.29) is 22.5 Å². The Bertz CT molecular complexity index is 298. The van der Waals surface area contributed by atoms with E-state index in [0.717, 1.165) is 12.8 Å². The van der Waals surface area contributed by atoms with Crippen molar-refractivity contribution in [1.82, 2.24) is 0 Å². The first-order chi connectivity index (χ1) is 7.51. The van der Waals surface area contributed by atoms with Gasteiger partial charge in [-0.2, -0.15) is 0 Å². The lowest BCUT2D eigenvalue weighted by atomic mass is 9.72. The summed E-state index contributed by atoms with van der Waals surface area (Å²) in [5.41, 5.74) is -0.123. The molecule has 17 heavy (non-hydrogen) atoms. The number of ether oxygens (including phenoxy) is 1. The number of methoxy groups -OCH3 is 1. The van der Waals surface area contributed by atoms with E-state index in [1.54, 1.807) is 0 Å². The van der Waals surface area contributed by atoms with E-state index in [9.17, 15) is 4.79 Å². The van der Waals surface area contributed by atoms with Crippen molar-refractivity contribution >= 4 is 14.3 Å². The second-order valence-electron chi connectivity index (χ2n) is 6.94. The van der Waals surface area contributed by atoms with E-state index in [0.29, 0.717) is 0 Å². The zero-order chi connectivity index (χ0) is 13.5. The minimum atomic E-state index is -1.74. The Balaban J connectivity index is 2.58. The monoisotopic (exact) mass is 258 g/mol. The number of hydrogen-bond donors (Lipinski definition) is 0. The van der Waals surface area contributed by atoms with Crippen LogP contribution in [-0.4, -0.2) is 27.0 Å². The van der Waals surface area contributed by atoms with E-state index in [1.165, 1.54) is 7.11 Å². The summed E-state index contributed by atoms with van der Waals surface area (Å²) in [6.45, 7) is 13.3. The van der Waals surface area contributed by atoms with Crippen LogP contribution in [0.4, 0.5) is 0 Å². The molecule has 0 spiro atoms. The molecule has 0 amide bonds. The van der Waals surface area contributed by atoms with Gasteiger partial charge in [-0.15, -0.1) is 0 Å². The molecule has 0 atom stereocenters. The molecule has 1 aliphatic carbocycles. The van der Waals surface area contributed by atoms with Crippen molar-refractivity contribution in [1.29, 1.82) is 0 Å². The summed E-state index contributed by atoms with van der Waals surface area (Å²) in [7, 11) is -0.286. The summed E-state index contributed by atoms with van der Waals surface area (Å²) in [6.07, 6.45) is 1.60. The highest BCUT2D eigenvalue weighted by atomic mass is 28.4. The summed E-state index contributed by atoms with van der Waals surface area (Å²) < 4.78 is 11.1. The number of carbonyl (C=O) groups excluding carboxylic acids is 1. The Kier molecular flexibility index (Phi) is 3.80. The molecule has 1 saturated carbocycles. The van der Waals surface area contributed by atoms with Crippen LogP contribution in [0.2, 0.25) is 18.1 Å². The van der Waals surface area contributed by atoms with E-state index in [1.807, 2.05) is 0 Å². The van der Waals surface area contributed by atoms with Gasteiger partial charge in [-0.3, -0.25) is 4.79 Å². The van der Waals surface area contributed by atoms with Crippen LogP contribution < -0.4 is 0 Å². The van der Waals surface area contributed by atoms with Crippen molar-refractivity contribution in [2.75, 3.05) is 7.11 Å². The highest BCUT2D eigenvalue weighted by Gasteiger charge is 2.50. The van der Waals surface area contributed by atoms with Crippen LogP contribution in [0.15, 0.2) is 0 Å². The topological polar surface area (TPSA) is 35.5 Å². The molecule has 0 aromatic rings. The molecule has 4 heteroatoms. The second kappa shape index (κ2) is 4.39. The molecular weight excluding hydrogens is 232 g/mol. The quantitative estimate of drug-likeness (QED) is 0.575. The molecule has 1 rings (SSSR count). The molecule has 0 aliphatic heterocycles. The molecule has 0 bridgehead atoms. The van der Waals surface area contributed by atoms with Crippen molar-refractivity contribution in [2.24, 2.45) is 5.92 Å². The van der Waals surface area contributed by atoms with Crippen molar-refractivity contribution in [3.8, 4) is 0 Å². The molecule has 3 nitrogen and oxygen atoms in total. The molecule has 0 aromatic heterocycles. The van der Waals surface area contributed by atoms with E-state index in [4.69, 9.17) is 9.16 Å². The Morgan fingerprint density at radius 2 is 1.76 bits per heavy atom. The first-order valence-electron chi connectivity index (χ1n) is 6.29. The Morgan fingerprint density at radius 1 is 1.29 bits per heavy atom. The maximum atomic E-state index is 11.4. The van der Waals surface area contributed by atoms with Gasteiger partial charge in [0.1, 0.15) is 0 Å². The summed E-state index contributed by atoms with van der Waals surface area (Å²) in [5.74, 6) is -0.0592. The van der Waals surface area contributed by atoms with Gasteiger partial charge in [-0.1, -0.05) is 20.8 Å². The van der Waals surface area contributed by atoms with Gasteiger partial charge in [0, 0.05) is 0 Å². The number of hydrogen-bond acceptors (Lipinski definition) is 3. The van der Waals surface area contributed by atoms with Crippen LogP contribution in [0.25, 0.3) is 0 Å². The van der Waals surface area contributed by atoms with Gasteiger partial charge in [-0.25, -0.2) is 0 Å². The van der Waals surface area contributed by atoms with Gasteiger partial charge in [0.05, 0.1) is 18.6 Å². The third-order valence-corrected chi connectivity index (χ3v) is 8.81. The third kappa shape index (κ3) is 3.10. The largest absolute Gasteiger partial charge is 0.469 e. The lowest BCUT2D eigenvalue weighted by molar-refractivity contribution is -0.158. The highest BCUT2D eigenvalue weighted by molar-refractivity contribution is 6.74. The molecule has 100 valence electrons. The Morgan fingerprint density at radius 3 is 2.12 bits per heavy atom. The normalized spacial score (nSPS) is 29.7. The zero-order valence-corrected chi connectivity index (χ0v) is 13.2. The SMILES string of the molecule is COC(=O)[C@H]1C[C@](C)(O[Si](C)(C)C(C)(C)C)C1. The van der Waals surface area contributed by atoms with Crippen LogP contribution >= 0.6 is 0 Å². The van der Waals surface area contributed by atoms with E-state index < -0.39 is 8.32 Å². The lowest BCUT2D eigenvalue weighted by Gasteiger charge is -2.51. The van der Waals surface area contributed by atoms with Gasteiger partial charge in [0.25, 0.3) is 0 Å². The van der Waals surface area contributed by atoms with E-state index in [2.05, 4.69) is 40.8 Å². The molecule has 1 fully saturated rings. The van der Waals surface area contributed by atoms with E-state index >= 15 is 0 Å². The van der Waals surface area contributed by atoms with Crippen LogP contribution in [0.3, 0.4) is 0 Å². The third-order valence-electron chi connectivity index (χ3n) is 4.20. The van der Waals surface area contributed by atoms with Gasteiger partial charge in [-0.05, 0) is 37.9 Å². The molecule has 0 N–H and O–H groups in total. The van der Waals surface area contributed by atoms with Crippen molar-refractivity contribution in [3.05, 3.63) is 0 Å². The molecule has 0 saturated heterocycles. The predicted molar refractivity (Wildman–Crippen MR) is 71.4 cm³/mol. The fraction of sp³-hybridized carbons (Fsp3) is 0.923. The fourth-order valence-corrected chi connectivity index (χ4v) is 3.87. The van der Waals surface area contributed by atoms with Crippen molar-refractivity contribution in [3.63, 3.8) is 0 Å². The number of esters is 1. The first kappa shape index (κ1) is 14.7. The number of carbonyl (C=O) groups is 1. The maximum Gasteiger partial charge on any atom is 0.308 e. The number of rotatable bonds is 3. The summed E-state index contributed by atoms with van der Waals surface area (Å²) in [6, 6.07) is 0. The van der Waals surface area contributed by atoms with Gasteiger partial charge >= 0.3 is 5.97 Å². The van der Waals surface area contributed by atoms with Crippen LogP contribution in [-0.2, 0) is 14.0 Å². The zero-order valence-electron chi connectivity index (χ0n) is 12.2. The average Bonchev–Trinajstić information content (AvgIpc) is 2.10.